The van der Waals surface area contributed by atoms with E-state index in [0.29, 0.717) is 38.7 Å². The lowest BCUT2D eigenvalue weighted by molar-refractivity contribution is -0.145. The highest BCUT2D eigenvalue weighted by Crippen LogP contribution is 2.49. The van der Waals surface area contributed by atoms with Crippen LogP contribution in [-0.2, 0) is 11.2 Å². The summed E-state index contributed by atoms with van der Waals surface area (Å²) < 4.78 is 26.2. The minimum absolute atomic E-state index is 0.0267. The number of nitrogens with zero attached hydrogens (tertiary/aromatic N) is 4. The molecule has 1 aliphatic heterocycles. The minimum atomic E-state index is -1.36. The Morgan fingerprint density at radius 1 is 1.06 bits per heavy atom. The zero-order valence-corrected chi connectivity index (χ0v) is 27.5. The largest absolute Gasteiger partial charge is 0.508 e. The SMILES string of the molecule is Cc1c(-c2c(-c3ccc(F)cc3)sc3ncnc(OC(Cc4ccccc4O)C(=O)O)c23)ccc(OCCN2CCN(C)CC2)c1Cl. The zero-order valence-electron chi connectivity index (χ0n) is 26.0. The molecule has 1 unspecified atom stereocenters. The van der Waals surface area contributed by atoms with Gasteiger partial charge >= 0.3 is 5.97 Å². The first kappa shape index (κ1) is 32.6. The summed E-state index contributed by atoms with van der Waals surface area (Å²) in [6.07, 6.45) is -0.130. The average molecular weight is 677 g/mol. The van der Waals surface area contributed by atoms with Crippen LogP contribution >= 0.6 is 22.9 Å². The quantitative estimate of drug-likeness (QED) is 0.161. The normalized spacial score (nSPS) is 14.7. The molecule has 9 nitrogen and oxygen atoms in total. The number of carbonyl (C=O) groups is 1. The van der Waals surface area contributed by atoms with Crippen LogP contribution in [0, 0.1) is 12.7 Å². The van der Waals surface area contributed by atoms with Gasteiger partial charge in [-0.05, 0) is 60.5 Å². The Kier molecular flexibility index (Phi) is 9.88. The number of aromatic hydroxyl groups is 1. The summed E-state index contributed by atoms with van der Waals surface area (Å²) in [4.78, 5) is 27.3. The number of hydrogen-bond donors (Lipinski definition) is 2. The van der Waals surface area contributed by atoms with Crippen molar-refractivity contribution in [3.05, 3.63) is 89.0 Å². The predicted octanol–water partition coefficient (Wildman–Crippen LogP) is 6.53. The number of aromatic nitrogens is 2. The number of carboxylic acid groups (broad SMARTS) is 1. The van der Waals surface area contributed by atoms with Crippen molar-refractivity contribution in [3.8, 4) is 38.9 Å². The summed E-state index contributed by atoms with van der Waals surface area (Å²) in [5.74, 6) is -0.980. The Labute approximate surface area is 280 Å². The van der Waals surface area contributed by atoms with Gasteiger partial charge in [0.25, 0.3) is 0 Å². The maximum Gasteiger partial charge on any atom is 0.345 e. The molecule has 5 aromatic rings. The molecule has 0 saturated carbocycles. The summed E-state index contributed by atoms with van der Waals surface area (Å²) >= 11 is 8.30. The number of phenols is 1. The highest BCUT2D eigenvalue weighted by molar-refractivity contribution is 7.22. The summed E-state index contributed by atoms with van der Waals surface area (Å²) in [6, 6.07) is 16.4. The van der Waals surface area contributed by atoms with Crippen LogP contribution in [0.25, 0.3) is 31.8 Å². The Hall–Kier alpha value is -4.29. The number of likely N-dealkylation sites (N-methyl/N-ethyl adjacent to an activating group) is 1. The lowest BCUT2D eigenvalue weighted by atomic mass is 9.96. The van der Waals surface area contributed by atoms with Gasteiger partial charge in [0.15, 0.2) is 0 Å². The van der Waals surface area contributed by atoms with E-state index in [1.165, 1.54) is 35.9 Å². The van der Waals surface area contributed by atoms with Crippen molar-refractivity contribution in [2.24, 2.45) is 0 Å². The van der Waals surface area contributed by atoms with E-state index in [1.54, 1.807) is 30.3 Å². The zero-order chi connectivity index (χ0) is 33.1. The molecule has 0 amide bonds. The second-order valence-corrected chi connectivity index (χ2v) is 12.9. The molecule has 1 saturated heterocycles. The standard InChI is InChI=1S/C35H34ClFN4O5S/c1-21-25(11-12-27(31(21)36)45-18-17-41-15-13-40(2)14-16-41)29-30-33(46-28(35(43)44)19-23-5-3-4-6-26(23)42)38-20-39-34(30)47-32(29)22-7-9-24(37)10-8-22/h3-12,20,28,42H,13-19H2,1-2H3,(H,43,44). The number of thiophene rings is 1. The van der Waals surface area contributed by atoms with Crippen molar-refractivity contribution in [2.45, 2.75) is 19.4 Å². The molecule has 47 heavy (non-hydrogen) atoms. The number of ether oxygens (including phenoxy) is 2. The van der Waals surface area contributed by atoms with Gasteiger partial charge in [-0.2, -0.15) is 0 Å². The molecule has 1 fully saturated rings. The van der Waals surface area contributed by atoms with Gasteiger partial charge in [0.1, 0.15) is 35.1 Å². The third-order valence-electron chi connectivity index (χ3n) is 8.37. The molecule has 0 aliphatic carbocycles. The predicted molar refractivity (Wildman–Crippen MR) is 181 cm³/mol. The summed E-state index contributed by atoms with van der Waals surface area (Å²) in [6.45, 7) is 7.21. The van der Waals surface area contributed by atoms with E-state index in [9.17, 15) is 19.4 Å². The molecule has 3 aromatic carbocycles. The van der Waals surface area contributed by atoms with Gasteiger partial charge in [0, 0.05) is 49.6 Å². The van der Waals surface area contributed by atoms with Crippen molar-refractivity contribution in [1.82, 2.24) is 19.8 Å². The number of para-hydroxylation sites is 1. The van der Waals surface area contributed by atoms with E-state index in [2.05, 4.69) is 26.8 Å². The second kappa shape index (κ2) is 14.2. The maximum absolute atomic E-state index is 14.0. The first-order valence-electron chi connectivity index (χ1n) is 15.2. The van der Waals surface area contributed by atoms with E-state index in [-0.39, 0.29) is 23.9 Å². The Bertz CT molecular complexity index is 1900. The molecule has 3 heterocycles. The van der Waals surface area contributed by atoms with Crippen LogP contribution in [0.3, 0.4) is 0 Å². The molecule has 0 bridgehead atoms. The van der Waals surface area contributed by atoms with Crippen LogP contribution in [0.4, 0.5) is 4.39 Å². The average Bonchev–Trinajstić information content (AvgIpc) is 3.45. The fourth-order valence-electron chi connectivity index (χ4n) is 5.65. The fourth-order valence-corrected chi connectivity index (χ4v) is 7.03. The van der Waals surface area contributed by atoms with Gasteiger partial charge in [0.2, 0.25) is 12.0 Å². The lowest BCUT2D eigenvalue weighted by Gasteiger charge is -2.32. The number of fused-ring (bicyclic) bond motifs is 1. The number of halogens is 2. The van der Waals surface area contributed by atoms with Crippen molar-refractivity contribution < 1.29 is 28.9 Å². The number of benzene rings is 3. The first-order chi connectivity index (χ1) is 22.7. The molecule has 2 N–H and O–H groups in total. The molecular formula is C35H34ClFN4O5S. The molecule has 12 heteroatoms. The summed E-state index contributed by atoms with van der Waals surface area (Å²) in [7, 11) is 2.12. The van der Waals surface area contributed by atoms with Crippen molar-refractivity contribution in [3.63, 3.8) is 0 Å². The highest BCUT2D eigenvalue weighted by atomic mass is 35.5. The van der Waals surface area contributed by atoms with E-state index >= 15 is 0 Å². The van der Waals surface area contributed by atoms with E-state index < -0.39 is 12.1 Å². The maximum atomic E-state index is 14.0. The number of hydrogen-bond acceptors (Lipinski definition) is 9. The van der Waals surface area contributed by atoms with E-state index in [4.69, 9.17) is 21.1 Å². The summed E-state index contributed by atoms with van der Waals surface area (Å²) in [5, 5.41) is 21.4. The summed E-state index contributed by atoms with van der Waals surface area (Å²) in [5.41, 5.74) is 3.34. The van der Waals surface area contributed by atoms with Crippen LogP contribution < -0.4 is 9.47 Å². The molecule has 244 valence electrons. The van der Waals surface area contributed by atoms with Gasteiger partial charge in [-0.3, -0.25) is 4.90 Å². The Morgan fingerprint density at radius 2 is 1.81 bits per heavy atom. The van der Waals surface area contributed by atoms with Gasteiger partial charge < -0.3 is 24.6 Å². The third-order valence-corrected chi connectivity index (χ3v) is 9.98. The van der Waals surface area contributed by atoms with Crippen LogP contribution in [0.1, 0.15) is 11.1 Å². The van der Waals surface area contributed by atoms with E-state index in [1.807, 2.05) is 19.1 Å². The van der Waals surface area contributed by atoms with Gasteiger partial charge in [-0.15, -0.1) is 11.3 Å². The molecule has 0 spiro atoms. The number of aliphatic carboxylic acids is 1. The van der Waals surface area contributed by atoms with Crippen molar-refractivity contribution in [2.75, 3.05) is 46.4 Å². The topological polar surface area (TPSA) is 108 Å². The molecule has 6 rings (SSSR count). The third kappa shape index (κ3) is 7.18. The number of phenolic OH excluding ortho intramolecular Hbond substituents is 1. The number of rotatable bonds is 11. The Balaban J connectivity index is 1.39. The molecule has 1 atom stereocenters. The van der Waals surface area contributed by atoms with Crippen molar-refractivity contribution >= 4 is 39.1 Å². The van der Waals surface area contributed by atoms with Crippen LogP contribution in [0.5, 0.6) is 17.4 Å². The molecule has 0 radical (unpaired) electrons. The second-order valence-electron chi connectivity index (χ2n) is 11.5. The van der Waals surface area contributed by atoms with Crippen molar-refractivity contribution in [1.29, 1.82) is 0 Å². The Morgan fingerprint density at radius 3 is 2.53 bits per heavy atom. The van der Waals surface area contributed by atoms with Gasteiger partial charge in [-0.25, -0.2) is 19.2 Å². The fraction of sp³-hybridized carbons (Fsp3) is 0.286. The van der Waals surface area contributed by atoms with Crippen LogP contribution in [0.15, 0.2) is 67.0 Å². The minimum Gasteiger partial charge on any atom is -0.508 e. The molecule has 2 aromatic heterocycles. The van der Waals surface area contributed by atoms with Gasteiger partial charge in [0.05, 0.1) is 10.4 Å². The molecule has 1 aliphatic rings. The number of carboxylic acids is 1. The number of piperazine rings is 1. The van der Waals surface area contributed by atoms with Crippen LogP contribution in [0.2, 0.25) is 5.02 Å². The monoisotopic (exact) mass is 676 g/mol. The molecular weight excluding hydrogens is 643 g/mol. The lowest BCUT2D eigenvalue weighted by Crippen LogP contribution is -2.45. The highest BCUT2D eigenvalue weighted by Gasteiger charge is 2.28. The smallest absolute Gasteiger partial charge is 0.345 e. The van der Waals surface area contributed by atoms with Crippen LogP contribution in [-0.4, -0.2) is 88.4 Å². The van der Waals surface area contributed by atoms with Gasteiger partial charge in [-0.1, -0.05) is 48.0 Å². The van der Waals surface area contributed by atoms with E-state index in [0.717, 1.165) is 54.3 Å². The first-order valence-corrected chi connectivity index (χ1v) is 16.4.